The van der Waals surface area contributed by atoms with Crippen LogP contribution in [0.5, 0.6) is 11.5 Å². The quantitative estimate of drug-likeness (QED) is 0.641. The summed E-state index contributed by atoms with van der Waals surface area (Å²) < 4.78 is 11.4. The third-order valence-electron chi connectivity index (χ3n) is 4.90. The van der Waals surface area contributed by atoms with Gasteiger partial charge in [0.2, 0.25) is 0 Å². The van der Waals surface area contributed by atoms with E-state index < -0.39 is 0 Å². The average molecular weight is 445 g/mol. The van der Waals surface area contributed by atoms with Gasteiger partial charge in [-0.25, -0.2) is 0 Å². The van der Waals surface area contributed by atoms with Crippen LogP contribution >= 0.6 is 17.0 Å². The lowest BCUT2D eigenvalue weighted by Crippen LogP contribution is -2.36. The zero-order valence-corrected chi connectivity index (χ0v) is 17.5. The fraction of sp³-hybridized carbons (Fsp3) is 0.364. The second-order valence-electron chi connectivity index (χ2n) is 6.81. The fourth-order valence-corrected chi connectivity index (χ4v) is 3.47. The molecule has 28 heavy (non-hydrogen) atoms. The summed E-state index contributed by atoms with van der Waals surface area (Å²) in [7, 11) is 0. The third kappa shape index (κ3) is 4.73. The van der Waals surface area contributed by atoms with E-state index in [4.69, 9.17) is 14.5 Å². The molecule has 2 aromatic rings. The number of anilines is 1. The van der Waals surface area contributed by atoms with Crippen molar-refractivity contribution in [2.45, 2.75) is 25.7 Å². The van der Waals surface area contributed by atoms with E-state index >= 15 is 0 Å². The van der Waals surface area contributed by atoms with E-state index in [1.807, 2.05) is 53.4 Å². The molecule has 0 unspecified atom stereocenters. The lowest BCUT2D eigenvalue weighted by molar-refractivity contribution is 0.100. The highest BCUT2D eigenvalue weighted by molar-refractivity contribution is 8.93. The van der Waals surface area contributed by atoms with Crippen molar-refractivity contribution in [2.75, 3.05) is 31.2 Å². The average Bonchev–Trinajstić information content (AvgIpc) is 3.01. The molecule has 148 valence electrons. The zero-order chi connectivity index (χ0) is 18.5. The van der Waals surface area contributed by atoms with Crippen LogP contribution in [0.25, 0.3) is 0 Å². The molecule has 0 N–H and O–H groups in total. The standard InChI is InChI=1S/C22H24N2O3.BrH/c25-19(17-7-3-1-4-8-17)16-24(22-9-5-2-6-12-23-22)18-10-11-20-21(15-18)27-14-13-26-20;/h1,3-4,7-8,10-11,15H,2,5-6,9,12-14,16H2;1H. The molecule has 2 aliphatic heterocycles. The number of aliphatic imine (C=N–C) groups is 1. The van der Waals surface area contributed by atoms with Crippen molar-refractivity contribution in [2.24, 2.45) is 4.99 Å². The molecule has 0 radical (unpaired) electrons. The molecular weight excluding hydrogens is 420 g/mol. The van der Waals surface area contributed by atoms with Gasteiger partial charge in [-0.15, -0.1) is 17.0 Å². The molecule has 2 aliphatic rings. The molecule has 0 aromatic heterocycles. The monoisotopic (exact) mass is 444 g/mol. The summed E-state index contributed by atoms with van der Waals surface area (Å²) in [6, 6.07) is 15.3. The number of ketones is 1. The Morgan fingerprint density at radius 2 is 1.75 bits per heavy atom. The molecule has 6 heteroatoms. The van der Waals surface area contributed by atoms with Gasteiger partial charge in [-0.05, 0) is 25.0 Å². The summed E-state index contributed by atoms with van der Waals surface area (Å²) in [6.07, 6.45) is 4.26. The molecule has 0 saturated carbocycles. The van der Waals surface area contributed by atoms with E-state index in [2.05, 4.69) is 0 Å². The van der Waals surface area contributed by atoms with Gasteiger partial charge in [0.1, 0.15) is 19.0 Å². The number of hydrogen-bond acceptors (Lipinski definition) is 5. The third-order valence-corrected chi connectivity index (χ3v) is 4.90. The van der Waals surface area contributed by atoms with E-state index in [-0.39, 0.29) is 29.3 Å². The van der Waals surface area contributed by atoms with E-state index in [9.17, 15) is 4.79 Å². The Morgan fingerprint density at radius 1 is 0.964 bits per heavy atom. The van der Waals surface area contributed by atoms with Crippen LogP contribution in [0.1, 0.15) is 36.0 Å². The van der Waals surface area contributed by atoms with Crippen molar-refractivity contribution in [3.63, 3.8) is 0 Å². The molecule has 0 saturated heterocycles. The Bertz CT molecular complexity index is 839. The molecule has 4 rings (SSSR count). The van der Waals surface area contributed by atoms with Crippen molar-refractivity contribution in [3.05, 3.63) is 54.1 Å². The number of carbonyl (C=O) groups is 1. The second-order valence-corrected chi connectivity index (χ2v) is 6.81. The van der Waals surface area contributed by atoms with Gasteiger partial charge in [-0.2, -0.15) is 0 Å². The first-order valence-electron chi connectivity index (χ1n) is 9.60. The number of amidine groups is 1. The van der Waals surface area contributed by atoms with Crippen LogP contribution in [0.2, 0.25) is 0 Å². The lowest BCUT2D eigenvalue weighted by atomic mass is 10.1. The molecule has 0 bridgehead atoms. The maximum Gasteiger partial charge on any atom is 0.182 e. The molecule has 0 spiro atoms. The van der Waals surface area contributed by atoms with Crippen LogP contribution in [-0.4, -0.2) is 37.9 Å². The van der Waals surface area contributed by atoms with Crippen molar-refractivity contribution < 1.29 is 14.3 Å². The number of halogens is 1. The zero-order valence-electron chi connectivity index (χ0n) is 15.8. The van der Waals surface area contributed by atoms with Crippen LogP contribution in [0.3, 0.4) is 0 Å². The molecule has 5 nitrogen and oxygen atoms in total. The fourth-order valence-electron chi connectivity index (χ4n) is 3.47. The summed E-state index contributed by atoms with van der Waals surface area (Å²) in [4.78, 5) is 19.7. The number of benzene rings is 2. The van der Waals surface area contributed by atoms with Crippen LogP contribution in [0.15, 0.2) is 53.5 Å². The van der Waals surface area contributed by atoms with Crippen molar-refractivity contribution in [3.8, 4) is 11.5 Å². The van der Waals surface area contributed by atoms with E-state index in [0.29, 0.717) is 18.8 Å². The first-order chi connectivity index (χ1) is 13.3. The molecule has 0 amide bonds. The molecular formula is C22H25BrN2O3. The summed E-state index contributed by atoms with van der Waals surface area (Å²) >= 11 is 0. The second kappa shape index (κ2) is 9.73. The number of hydrogen-bond donors (Lipinski definition) is 0. The molecule has 0 atom stereocenters. The number of Topliss-reactive ketones (excluding diaryl/α,β-unsaturated/α-hetero) is 1. The number of rotatable bonds is 4. The smallest absolute Gasteiger partial charge is 0.182 e. The minimum absolute atomic E-state index is 0. The van der Waals surface area contributed by atoms with E-state index in [1.165, 1.54) is 6.42 Å². The minimum atomic E-state index is 0. The molecule has 2 heterocycles. The highest BCUT2D eigenvalue weighted by Crippen LogP contribution is 2.34. The number of fused-ring (bicyclic) bond motifs is 1. The van der Waals surface area contributed by atoms with Crippen LogP contribution in [0, 0.1) is 0 Å². The van der Waals surface area contributed by atoms with Crippen molar-refractivity contribution >= 4 is 34.3 Å². The highest BCUT2D eigenvalue weighted by atomic mass is 79.9. The lowest BCUT2D eigenvalue weighted by Gasteiger charge is -2.27. The normalized spacial score (nSPS) is 15.6. The van der Waals surface area contributed by atoms with Gasteiger partial charge in [-0.3, -0.25) is 9.79 Å². The van der Waals surface area contributed by atoms with Gasteiger partial charge in [-0.1, -0.05) is 36.8 Å². The first-order valence-corrected chi connectivity index (χ1v) is 9.60. The Balaban J connectivity index is 0.00000225. The maximum atomic E-state index is 12.9. The number of nitrogens with zero attached hydrogens (tertiary/aromatic N) is 2. The highest BCUT2D eigenvalue weighted by Gasteiger charge is 2.22. The Morgan fingerprint density at radius 3 is 2.57 bits per heavy atom. The van der Waals surface area contributed by atoms with Gasteiger partial charge in [0.15, 0.2) is 17.3 Å². The predicted octanol–water partition coefficient (Wildman–Crippen LogP) is 4.70. The molecule has 0 aliphatic carbocycles. The summed E-state index contributed by atoms with van der Waals surface area (Å²) in [5.74, 6) is 2.54. The van der Waals surface area contributed by atoms with E-state index in [0.717, 1.165) is 48.8 Å². The summed E-state index contributed by atoms with van der Waals surface area (Å²) in [6.45, 7) is 2.19. The van der Waals surface area contributed by atoms with Crippen LogP contribution in [-0.2, 0) is 0 Å². The van der Waals surface area contributed by atoms with Gasteiger partial charge < -0.3 is 14.4 Å². The Hall–Kier alpha value is -2.34. The maximum absolute atomic E-state index is 12.9. The minimum Gasteiger partial charge on any atom is -0.486 e. The topological polar surface area (TPSA) is 51.1 Å². The number of ether oxygens (including phenoxy) is 2. The first kappa shape index (κ1) is 20.4. The SMILES string of the molecule is Br.O=C(CN(C1=NCCCCC1)c1ccc2c(c1)OCCO2)c1ccccc1. The summed E-state index contributed by atoms with van der Waals surface area (Å²) in [5, 5.41) is 0. The van der Waals surface area contributed by atoms with Crippen molar-refractivity contribution in [1.29, 1.82) is 0 Å². The predicted molar refractivity (Wildman–Crippen MR) is 117 cm³/mol. The molecule has 0 fully saturated rings. The van der Waals surface area contributed by atoms with Gasteiger partial charge in [0.25, 0.3) is 0 Å². The van der Waals surface area contributed by atoms with Gasteiger partial charge in [0.05, 0.1) is 6.54 Å². The van der Waals surface area contributed by atoms with Crippen molar-refractivity contribution in [1.82, 2.24) is 0 Å². The Labute approximate surface area is 176 Å². The van der Waals surface area contributed by atoms with Crippen LogP contribution < -0.4 is 14.4 Å². The van der Waals surface area contributed by atoms with Gasteiger partial charge in [0, 0.05) is 30.3 Å². The van der Waals surface area contributed by atoms with Gasteiger partial charge >= 0.3 is 0 Å². The molecule has 2 aromatic carbocycles. The largest absolute Gasteiger partial charge is 0.486 e. The summed E-state index contributed by atoms with van der Waals surface area (Å²) in [5.41, 5.74) is 1.64. The Kier molecular flexibility index (Phi) is 7.09. The van der Waals surface area contributed by atoms with Crippen LogP contribution in [0.4, 0.5) is 5.69 Å². The number of carbonyl (C=O) groups excluding carboxylic acids is 1. The van der Waals surface area contributed by atoms with E-state index in [1.54, 1.807) is 0 Å².